The van der Waals surface area contributed by atoms with Gasteiger partial charge in [-0.3, -0.25) is 4.79 Å². The Morgan fingerprint density at radius 2 is 1.73 bits per heavy atom. The van der Waals surface area contributed by atoms with Crippen LogP contribution in [0.5, 0.6) is 0 Å². The maximum Gasteiger partial charge on any atom is 0.254 e. The zero-order valence-electron chi connectivity index (χ0n) is 14.0. The van der Waals surface area contributed by atoms with E-state index in [0.717, 1.165) is 29.5 Å². The third-order valence-corrected chi connectivity index (χ3v) is 4.68. The normalized spacial score (nSPS) is 14.5. The molecule has 3 aromatic rings. The predicted octanol–water partition coefficient (Wildman–Crippen LogP) is 2.28. The molecule has 0 spiro atoms. The summed E-state index contributed by atoms with van der Waals surface area (Å²) < 4.78 is 1.54. The molecule has 1 aliphatic rings. The van der Waals surface area contributed by atoms with Crippen molar-refractivity contribution in [2.75, 3.05) is 31.1 Å². The number of halogens is 1. The van der Waals surface area contributed by atoms with Crippen LogP contribution in [0.25, 0.3) is 5.69 Å². The summed E-state index contributed by atoms with van der Waals surface area (Å²) >= 11 is 6.07. The second-order valence-corrected chi connectivity index (χ2v) is 6.50. The minimum atomic E-state index is 0.0191. The molecule has 26 heavy (non-hydrogen) atoms. The zero-order chi connectivity index (χ0) is 17.9. The third-order valence-electron chi connectivity index (χ3n) is 4.45. The number of hydrogen-bond acceptors (Lipinski definition) is 5. The van der Waals surface area contributed by atoms with Crippen molar-refractivity contribution in [2.45, 2.75) is 0 Å². The number of anilines is 1. The highest BCUT2D eigenvalue weighted by atomic mass is 35.5. The molecular weight excluding hydrogens is 352 g/mol. The van der Waals surface area contributed by atoms with Gasteiger partial charge in [0.15, 0.2) is 0 Å². The second kappa shape index (κ2) is 7.13. The molecule has 1 saturated heterocycles. The first-order chi connectivity index (χ1) is 12.7. The molecule has 1 aromatic heterocycles. The van der Waals surface area contributed by atoms with Gasteiger partial charge in [0, 0.05) is 42.5 Å². The minimum Gasteiger partial charge on any atom is -0.368 e. The molecule has 7 nitrogen and oxygen atoms in total. The fourth-order valence-corrected chi connectivity index (χ4v) is 3.27. The van der Waals surface area contributed by atoms with E-state index in [-0.39, 0.29) is 5.91 Å². The lowest BCUT2D eigenvalue weighted by Gasteiger charge is -2.36. The number of aromatic nitrogens is 4. The standard InChI is InChI=1S/C18H17ClN6O/c19-15-4-2-5-16(12-15)23-7-9-24(10-8-23)18(26)14-3-1-6-17(11-14)25-13-20-21-22-25/h1-6,11-13H,7-10H2. The number of carbonyl (C=O) groups excluding carboxylic acids is 1. The van der Waals surface area contributed by atoms with E-state index in [0.29, 0.717) is 18.7 Å². The zero-order valence-corrected chi connectivity index (χ0v) is 14.8. The summed E-state index contributed by atoms with van der Waals surface area (Å²) in [6.07, 6.45) is 1.51. The topological polar surface area (TPSA) is 67.2 Å². The summed E-state index contributed by atoms with van der Waals surface area (Å²) in [6.45, 7) is 2.89. The summed E-state index contributed by atoms with van der Waals surface area (Å²) in [5.74, 6) is 0.0191. The molecule has 1 fully saturated rings. The SMILES string of the molecule is O=C(c1cccc(-n2cnnn2)c1)N1CCN(c2cccc(Cl)c2)CC1. The van der Waals surface area contributed by atoms with Crippen molar-refractivity contribution >= 4 is 23.2 Å². The average molecular weight is 369 g/mol. The second-order valence-electron chi connectivity index (χ2n) is 6.06. The van der Waals surface area contributed by atoms with E-state index in [9.17, 15) is 4.79 Å². The Labute approximate surface area is 155 Å². The summed E-state index contributed by atoms with van der Waals surface area (Å²) in [4.78, 5) is 17.0. The van der Waals surface area contributed by atoms with Crippen molar-refractivity contribution in [1.82, 2.24) is 25.1 Å². The van der Waals surface area contributed by atoms with Gasteiger partial charge >= 0.3 is 0 Å². The van der Waals surface area contributed by atoms with E-state index in [1.54, 1.807) is 0 Å². The predicted molar refractivity (Wildman–Crippen MR) is 98.7 cm³/mol. The molecule has 0 saturated carbocycles. The van der Waals surface area contributed by atoms with E-state index in [1.165, 1.54) is 11.0 Å². The first-order valence-corrected chi connectivity index (χ1v) is 8.72. The van der Waals surface area contributed by atoms with Crippen LogP contribution in [0.15, 0.2) is 54.9 Å². The van der Waals surface area contributed by atoms with E-state index >= 15 is 0 Å². The highest BCUT2D eigenvalue weighted by Gasteiger charge is 2.22. The summed E-state index contributed by atoms with van der Waals surface area (Å²) in [6, 6.07) is 15.1. The Morgan fingerprint density at radius 1 is 0.962 bits per heavy atom. The van der Waals surface area contributed by atoms with Gasteiger partial charge < -0.3 is 9.80 Å². The highest BCUT2D eigenvalue weighted by Crippen LogP contribution is 2.21. The van der Waals surface area contributed by atoms with Crippen molar-refractivity contribution in [3.63, 3.8) is 0 Å². The molecule has 0 bridgehead atoms. The Morgan fingerprint density at radius 3 is 2.46 bits per heavy atom. The van der Waals surface area contributed by atoms with Crippen molar-refractivity contribution in [2.24, 2.45) is 0 Å². The molecule has 0 N–H and O–H groups in total. The van der Waals surface area contributed by atoms with Crippen LogP contribution in [0.1, 0.15) is 10.4 Å². The molecule has 8 heteroatoms. The molecule has 1 aliphatic heterocycles. The van der Waals surface area contributed by atoms with Crippen molar-refractivity contribution in [3.05, 3.63) is 65.4 Å². The number of carbonyl (C=O) groups is 1. The van der Waals surface area contributed by atoms with Gasteiger partial charge in [-0.25, -0.2) is 4.68 Å². The monoisotopic (exact) mass is 368 g/mol. The summed E-state index contributed by atoms with van der Waals surface area (Å²) in [5, 5.41) is 11.8. The van der Waals surface area contributed by atoms with Gasteiger partial charge in [0.1, 0.15) is 6.33 Å². The van der Waals surface area contributed by atoms with Crippen LogP contribution in [0, 0.1) is 0 Å². The minimum absolute atomic E-state index is 0.0191. The van der Waals surface area contributed by atoms with E-state index < -0.39 is 0 Å². The fourth-order valence-electron chi connectivity index (χ4n) is 3.08. The fraction of sp³-hybridized carbons (Fsp3) is 0.222. The Hall–Kier alpha value is -2.93. The lowest BCUT2D eigenvalue weighted by atomic mass is 10.1. The van der Waals surface area contributed by atoms with Crippen LogP contribution in [0.4, 0.5) is 5.69 Å². The maximum atomic E-state index is 12.8. The van der Waals surface area contributed by atoms with Crippen LogP contribution < -0.4 is 4.90 Å². The smallest absolute Gasteiger partial charge is 0.254 e. The number of tetrazole rings is 1. The molecule has 0 atom stereocenters. The number of benzene rings is 2. The van der Waals surface area contributed by atoms with Crippen LogP contribution >= 0.6 is 11.6 Å². The van der Waals surface area contributed by atoms with Gasteiger partial charge in [-0.1, -0.05) is 23.7 Å². The van der Waals surface area contributed by atoms with Crippen LogP contribution in [0.3, 0.4) is 0 Å². The lowest BCUT2D eigenvalue weighted by molar-refractivity contribution is 0.0746. The van der Waals surface area contributed by atoms with Gasteiger partial charge in [0.05, 0.1) is 5.69 Å². The van der Waals surface area contributed by atoms with E-state index in [1.807, 2.05) is 53.4 Å². The summed E-state index contributed by atoms with van der Waals surface area (Å²) in [5.41, 5.74) is 2.48. The van der Waals surface area contributed by atoms with Gasteiger partial charge in [0.2, 0.25) is 0 Å². The first kappa shape index (κ1) is 16.5. The molecule has 0 aliphatic carbocycles. The van der Waals surface area contributed by atoms with E-state index in [4.69, 9.17) is 11.6 Å². The molecular formula is C18H17ClN6O. The largest absolute Gasteiger partial charge is 0.368 e. The number of hydrogen-bond donors (Lipinski definition) is 0. The maximum absolute atomic E-state index is 12.8. The van der Waals surface area contributed by atoms with Gasteiger partial charge in [-0.05, 0) is 46.8 Å². The molecule has 0 unspecified atom stereocenters. The number of rotatable bonds is 3. The first-order valence-electron chi connectivity index (χ1n) is 8.34. The van der Waals surface area contributed by atoms with Gasteiger partial charge in [0.25, 0.3) is 5.91 Å². The Kier molecular flexibility index (Phi) is 4.53. The molecule has 1 amide bonds. The Bertz CT molecular complexity index is 906. The average Bonchev–Trinajstić information content (AvgIpc) is 3.23. The van der Waals surface area contributed by atoms with Crippen LogP contribution in [-0.4, -0.2) is 57.2 Å². The van der Waals surface area contributed by atoms with Crippen molar-refractivity contribution in [1.29, 1.82) is 0 Å². The number of piperazine rings is 1. The molecule has 2 aromatic carbocycles. The van der Waals surface area contributed by atoms with Crippen molar-refractivity contribution in [3.8, 4) is 5.69 Å². The molecule has 132 valence electrons. The molecule has 4 rings (SSSR count). The Balaban J connectivity index is 1.45. The van der Waals surface area contributed by atoms with Crippen LogP contribution in [-0.2, 0) is 0 Å². The lowest BCUT2D eigenvalue weighted by Crippen LogP contribution is -2.48. The van der Waals surface area contributed by atoms with Gasteiger partial charge in [-0.15, -0.1) is 5.10 Å². The highest BCUT2D eigenvalue weighted by molar-refractivity contribution is 6.30. The molecule has 0 radical (unpaired) electrons. The third kappa shape index (κ3) is 3.39. The van der Waals surface area contributed by atoms with Crippen LogP contribution in [0.2, 0.25) is 5.02 Å². The summed E-state index contributed by atoms with van der Waals surface area (Å²) in [7, 11) is 0. The van der Waals surface area contributed by atoms with E-state index in [2.05, 4.69) is 20.4 Å². The quantitative estimate of drug-likeness (QED) is 0.709. The van der Waals surface area contributed by atoms with Crippen molar-refractivity contribution < 1.29 is 4.79 Å². The molecule has 2 heterocycles. The number of nitrogens with zero attached hydrogens (tertiary/aromatic N) is 6. The van der Waals surface area contributed by atoms with Gasteiger partial charge in [-0.2, -0.15) is 0 Å². The number of amides is 1.